The summed E-state index contributed by atoms with van der Waals surface area (Å²) in [4.78, 5) is 10.1. The molecule has 0 aliphatic carbocycles. The van der Waals surface area contributed by atoms with Crippen LogP contribution in [0.1, 0.15) is 31.4 Å². The van der Waals surface area contributed by atoms with E-state index >= 15 is 0 Å². The molecule has 0 bridgehead atoms. The highest BCUT2D eigenvalue weighted by molar-refractivity contribution is 7.98. The van der Waals surface area contributed by atoms with Crippen molar-refractivity contribution < 1.29 is 15.0 Å². The molecule has 4 nitrogen and oxygen atoms in total. The molecule has 1 aromatic rings. The highest BCUT2D eigenvalue weighted by Crippen LogP contribution is 2.14. The molecule has 0 aliphatic heterocycles. The topological polar surface area (TPSA) is 83.5 Å². The van der Waals surface area contributed by atoms with Crippen LogP contribution in [0.2, 0.25) is 0 Å². The van der Waals surface area contributed by atoms with Crippen molar-refractivity contribution in [2.45, 2.75) is 31.9 Å². The van der Waals surface area contributed by atoms with Gasteiger partial charge in [-0.1, -0.05) is 37.3 Å². The number of rotatable bonds is 6. The van der Waals surface area contributed by atoms with E-state index in [1.165, 1.54) is 0 Å². The number of carboxylic acids is 1. The fourth-order valence-corrected chi connectivity index (χ4v) is 1.77. The van der Waals surface area contributed by atoms with Crippen LogP contribution in [0.15, 0.2) is 30.3 Å². The van der Waals surface area contributed by atoms with Crippen molar-refractivity contribution in [3.05, 3.63) is 35.9 Å². The van der Waals surface area contributed by atoms with Crippen LogP contribution >= 0.6 is 11.8 Å². The molecule has 5 heteroatoms. The normalized spacial score (nSPS) is 13.1. The number of hydrogen-bond donors (Lipinski definition) is 3. The Morgan fingerprint density at radius 1 is 1.37 bits per heavy atom. The second-order valence-corrected chi connectivity index (χ2v) is 5.05. The Morgan fingerprint density at radius 3 is 2.37 bits per heavy atom. The van der Waals surface area contributed by atoms with Crippen LogP contribution in [0.25, 0.3) is 0 Å². The zero-order valence-corrected chi connectivity index (χ0v) is 12.3. The number of carboxylic acid groups (broad SMARTS) is 1. The molecule has 0 radical (unpaired) electrons. The number of thioether (sulfide) groups is 1. The van der Waals surface area contributed by atoms with E-state index < -0.39 is 12.0 Å². The van der Waals surface area contributed by atoms with E-state index in [4.69, 9.17) is 10.8 Å². The zero-order valence-electron chi connectivity index (χ0n) is 11.5. The SMILES string of the molecule is CCC(O)c1ccccc1.CSCCC(N)C(=O)O. The van der Waals surface area contributed by atoms with Crippen molar-refractivity contribution in [3.63, 3.8) is 0 Å². The third kappa shape index (κ3) is 8.64. The number of aliphatic hydroxyl groups is 1. The summed E-state index contributed by atoms with van der Waals surface area (Å²) in [7, 11) is 0. The van der Waals surface area contributed by atoms with Gasteiger partial charge in [-0.15, -0.1) is 0 Å². The van der Waals surface area contributed by atoms with Gasteiger partial charge in [0.15, 0.2) is 0 Å². The average Bonchev–Trinajstić information content (AvgIpc) is 2.45. The highest BCUT2D eigenvalue weighted by Gasteiger charge is 2.08. The monoisotopic (exact) mass is 285 g/mol. The Balaban J connectivity index is 0.000000344. The van der Waals surface area contributed by atoms with E-state index in [9.17, 15) is 9.90 Å². The number of aliphatic hydroxyl groups excluding tert-OH is 1. The minimum absolute atomic E-state index is 0.291. The van der Waals surface area contributed by atoms with Gasteiger partial charge < -0.3 is 15.9 Å². The molecule has 0 aromatic heterocycles. The summed E-state index contributed by atoms with van der Waals surface area (Å²) in [5.74, 6) is -0.1000. The summed E-state index contributed by atoms with van der Waals surface area (Å²) in [5.41, 5.74) is 6.19. The Kier molecular flexibility index (Phi) is 10.2. The van der Waals surface area contributed by atoms with Gasteiger partial charge in [-0.2, -0.15) is 11.8 Å². The second-order valence-electron chi connectivity index (χ2n) is 4.06. The summed E-state index contributed by atoms with van der Waals surface area (Å²) in [6, 6.07) is 9.02. The van der Waals surface area contributed by atoms with E-state index in [0.29, 0.717) is 6.42 Å². The highest BCUT2D eigenvalue weighted by atomic mass is 32.2. The fraction of sp³-hybridized carbons (Fsp3) is 0.500. The molecule has 1 aromatic carbocycles. The van der Waals surface area contributed by atoms with E-state index in [0.717, 1.165) is 17.7 Å². The maximum Gasteiger partial charge on any atom is 0.320 e. The molecular weight excluding hydrogens is 262 g/mol. The second kappa shape index (κ2) is 10.8. The molecule has 108 valence electrons. The Bertz CT molecular complexity index is 346. The van der Waals surface area contributed by atoms with E-state index in [1.807, 2.05) is 43.5 Å². The lowest BCUT2D eigenvalue weighted by atomic mass is 10.1. The molecule has 0 saturated heterocycles. The lowest BCUT2D eigenvalue weighted by Crippen LogP contribution is -2.30. The van der Waals surface area contributed by atoms with Gasteiger partial charge in [-0.05, 0) is 30.4 Å². The van der Waals surface area contributed by atoms with Crippen LogP contribution < -0.4 is 5.73 Å². The maximum atomic E-state index is 10.1. The lowest BCUT2D eigenvalue weighted by molar-refractivity contribution is -0.138. The van der Waals surface area contributed by atoms with Crippen LogP contribution in [0.5, 0.6) is 0 Å². The summed E-state index contributed by atoms with van der Waals surface area (Å²) < 4.78 is 0. The Labute approximate surface area is 119 Å². The van der Waals surface area contributed by atoms with Crippen molar-refractivity contribution in [1.29, 1.82) is 0 Å². The van der Waals surface area contributed by atoms with Gasteiger partial charge in [0.25, 0.3) is 0 Å². The molecular formula is C14H23NO3S. The minimum atomic E-state index is -0.913. The van der Waals surface area contributed by atoms with Crippen molar-refractivity contribution in [2.24, 2.45) is 5.73 Å². The Hall–Kier alpha value is -1.04. The van der Waals surface area contributed by atoms with Crippen LogP contribution in [0.3, 0.4) is 0 Å². The lowest BCUT2D eigenvalue weighted by Gasteiger charge is -2.05. The fourth-order valence-electron chi connectivity index (χ4n) is 1.28. The summed E-state index contributed by atoms with van der Waals surface area (Å²) in [6.45, 7) is 1.97. The van der Waals surface area contributed by atoms with Gasteiger partial charge >= 0.3 is 5.97 Å². The molecule has 2 atom stereocenters. The third-order valence-corrected chi connectivity index (χ3v) is 3.17. The summed E-state index contributed by atoms with van der Waals surface area (Å²) >= 11 is 1.60. The third-order valence-electron chi connectivity index (χ3n) is 2.52. The van der Waals surface area contributed by atoms with Crippen LogP contribution in [0.4, 0.5) is 0 Å². The predicted octanol–water partition coefficient (Wildman–Crippen LogP) is 2.28. The summed E-state index contributed by atoms with van der Waals surface area (Å²) in [6.07, 6.45) is 2.97. The molecule has 1 rings (SSSR count). The molecule has 0 saturated carbocycles. The molecule has 0 heterocycles. The Morgan fingerprint density at radius 2 is 1.95 bits per heavy atom. The van der Waals surface area contributed by atoms with Crippen LogP contribution in [-0.2, 0) is 4.79 Å². The van der Waals surface area contributed by atoms with Gasteiger partial charge in [0.2, 0.25) is 0 Å². The molecule has 0 aliphatic rings. The predicted molar refractivity (Wildman–Crippen MR) is 80.3 cm³/mol. The van der Waals surface area contributed by atoms with E-state index in [2.05, 4.69) is 0 Å². The van der Waals surface area contributed by atoms with E-state index in [-0.39, 0.29) is 6.10 Å². The van der Waals surface area contributed by atoms with Gasteiger partial charge in [0.05, 0.1) is 6.10 Å². The first kappa shape index (κ1) is 18.0. The number of aliphatic carboxylic acids is 1. The minimum Gasteiger partial charge on any atom is -0.480 e. The molecule has 19 heavy (non-hydrogen) atoms. The molecule has 0 fully saturated rings. The average molecular weight is 285 g/mol. The van der Waals surface area contributed by atoms with Gasteiger partial charge in [-0.3, -0.25) is 4.79 Å². The quantitative estimate of drug-likeness (QED) is 0.747. The number of carbonyl (C=O) groups is 1. The van der Waals surface area contributed by atoms with E-state index in [1.54, 1.807) is 11.8 Å². The largest absolute Gasteiger partial charge is 0.480 e. The zero-order chi connectivity index (χ0) is 14.7. The first-order valence-corrected chi connectivity index (χ1v) is 7.62. The smallest absolute Gasteiger partial charge is 0.320 e. The van der Waals surface area contributed by atoms with Crippen LogP contribution in [-0.4, -0.2) is 34.2 Å². The molecule has 2 unspecified atom stereocenters. The van der Waals surface area contributed by atoms with Gasteiger partial charge in [-0.25, -0.2) is 0 Å². The van der Waals surface area contributed by atoms with Crippen molar-refractivity contribution >= 4 is 17.7 Å². The van der Waals surface area contributed by atoms with Crippen molar-refractivity contribution in [3.8, 4) is 0 Å². The number of nitrogens with two attached hydrogens (primary N) is 1. The first-order chi connectivity index (χ1) is 9.02. The number of hydrogen-bond acceptors (Lipinski definition) is 4. The van der Waals surface area contributed by atoms with Gasteiger partial charge in [0, 0.05) is 0 Å². The summed E-state index contributed by atoms with van der Waals surface area (Å²) in [5, 5.41) is 17.6. The molecule has 0 spiro atoms. The van der Waals surface area contributed by atoms with Gasteiger partial charge in [0.1, 0.15) is 6.04 Å². The van der Waals surface area contributed by atoms with Crippen molar-refractivity contribution in [1.82, 2.24) is 0 Å². The van der Waals surface area contributed by atoms with Crippen molar-refractivity contribution in [2.75, 3.05) is 12.0 Å². The molecule has 0 amide bonds. The maximum absolute atomic E-state index is 10.1. The van der Waals surface area contributed by atoms with Crippen LogP contribution in [0, 0.1) is 0 Å². The standard InChI is InChI=1S/C9H12O.C5H11NO2S/c1-2-9(10)8-6-4-3-5-7-8;1-9-3-2-4(6)5(7)8/h3-7,9-10H,2H2,1H3;4H,2-3,6H2,1H3,(H,7,8). The number of benzene rings is 1. The first-order valence-electron chi connectivity index (χ1n) is 6.23. The molecule has 4 N–H and O–H groups in total.